The van der Waals surface area contributed by atoms with Crippen LogP contribution in [0.2, 0.25) is 8.67 Å². The average molecular weight is 307 g/mol. The number of thiophene rings is 1. The Kier molecular flexibility index (Phi) is 3.48. The molecule has 0 spiro atoms. The molecule has 1 aliphatic rings. The minimum atomic E-state index is -0.558. The summed E-state index contributed by atoms with van der Waals surface area (Å²) in [4.78, 5) is 23.1. The molecule has 1 aromatic heterocycles. The molecule has 4 nitrogen and oxygen atoms in total. The van der Waals surface area contributed by atoms with Crippen LogP contribution in [0.25, 0.3) is 6.08 Å². The van der Waals surface area contributed by atoms with Gasteiger partial charge in [-0.05, 0) is 24.4 Å². The van der Waals surface area contributed by atoms with Gasteiger partial charge in [0.1, 0.15) is 9.91 Å². The van der Waals surface area contributed by atoms with Crippen LogP contribution in [0.5, 0.6) is 0 Å². The molecule has 0 aromatic carbocycles. The van der Waals surface area contributed by atoms with Crippen LogP contribution in [-0.4, -0.2) is 16.9 Å². The minimum absolute atomic E-state index is 0.00778. The van der Waals surface area contributed by atoms with Gasteiger partial charge < -0.3 is 0 Å². The van der Waals surface area contributed by atoms with Gasteiger partial charge in [-0.15, -0.1) is 11.3 Å². The van der Waals surface area contributed by atoms with E-state index in [1.54, 1.807) is 6.07 Å². The summed E-state index contributed by atoms with van der Waals surface area (Å²) in [6.45, 7) is 0. The predicted octanol–water partition coefficient (Wildman–Crippen LogP) is 1.97. The fourth-order valence-corrected chi connectivity index (χ4v) is 2.82. The number of nitrogens with one attached hydrogen (secondary N) is 2. The van der Waals surface area contributed by atoms with E-state index in [1.807, 2.05) is 0 Å². The highest BCUT2D eigenvalue weighted by Gasteiger charge is 2.26. The molecule has 0 bridgehead atoms. The van der Waals surface area contributed by atoms with Gasteiger partial charge in [0.2, 0.25) is 0 Å². The molecule has 1 saturated heterocycles. The highest BCUT2D eigenvalue weighted by molar-refractivity contribution is 7.80. The monoisotopic (exact) mass is 306 g/mol. The van der Waals surface area contributed by atoms with Crippen molar-refractivity contribution in [2.24, 2.45) is 0 Å². The second kappa shape index (κ2) is 4.73. The second-order valence-corrected chi connectivity index (χ2v) is 5.77. The van der Waals surface area contributed by atoms with E-state index >= 15 is 0 Å². The number of thiocarbonyl (C=S) groups is 1. The summed E-state index contributed by atoms with van der Waals surface area (Å²) in [7, 11) is 0. The fourth-order valence-electron chi connectivity index (χ4n) is 1.21. The molecule has 17 heavy (non-hydrogen) atoms. The molecular formula is C9H4Cl2N2O2S2. The van der Waals surface area contributed by atoms with Crippen LogP contribution < -0.4 is 10.6 Å². The van der Waals surface area contributed by atoms with Crippen molar-refractivity contribution >= 4 is 69.8 Å². The molecule has 0 unspecified atom stereocenters. The van der Waals surface area contributed by atoms with Gasteiger partial charge in [0.15, 0.2) is 5.11 Å². The van der Waals surface area contributed by atoms with Crippen LogP contribution in [-0.2, 0) is 9.59 Å². The van der Waals surface area contributed by atoms with E-state index in [0.717, 1.165) is 11.3 Å². The number of hydrogen-bond donors (Lipinski definition) is 2. The zero-order valence-electron chi connectivity index (χ0n) is 8.04. The molecule has 0 aliphatic carbocycles. The molecule has 2 amide bonds. The van der Waals surface area contributed by atoms with Crippen molar-refractivity contribution in [1.29, 1.82) is 0 Å². The van der Waals surface area contributed by atoms with Crippen LogP contribution >= 0.6 is 46.8 Å². The molecule has 0 radical (unpaired) electrons. The zero-order valence-corrected chi connectivity index (χ0v) is 11.2. The van der Waals surface area contributed by atoms with Crippen molar-refractivity contribution in [3.05, 3.63) is 25.9 Å². The predicted molar refractivity (Wildman–Crippen MR) is 71.2 cm³/mol. The minimum Gasteiger partial charge on any atom is -0.299 e. The molecular weight excluding hydrogens is 303 g/mol. The van der Waals surface area contributed by atoms with Crippen molar-refractivity contribution < 1.29 is 9.59 Å². The lowest BCUT2D eigenvalue weighted by molar-refractivity contribution is -0.123. The summed E-state index contributed by atoms with van der Waals surface area (Å²) in [5.41, 5.74) is 0.463. The van der Waals surface area contributed by atoms with Gasteiger partial charge in [-0.3, -0.25) is 20.2 Å². The largest absolute Gasteiger partial charge is 0.299 e. The summed E-state index contributed by atoms with van der Waals surface area (Å²) < 4.78 is 0.894. The number of hydrogen-bond acceptors (Lipinski definition) is 4. The normalized spacial score (nSPS) is 15.6. The van der Waals surface area contributed by atoms with Gasteiger partial charge in [0.05, 0.1) is 4.34 Å². The van der Waals surface area contributed by atoms with Gasteiger partial charge >= 0.3 is 0 Å². The maximum Gasteiger partial charge on any atom is 0.263 e. The molecule has 8 heteroatoms. The summed E-state index contributed by atoms with van der Waals surface area (Å²) in [6.07, 6.45) is 1.37. The summed E-state index contributed by atoms with van der Waals surface area (Å²) in [5, 5.41) is 4.64. The van der Waals surface area contributed by atoms with Crippen molar-refractivity contribution in [2.75, 3.05) is 0 Å². The zero-order chi connectivity index (χ0) is 12.6. The number of carbonyl (C=O) groups is 2. The third kappa shape index (κ3) is 2.66. The van der Waals surface area contributed by atoms with E-state index in [2.05, 4.69) is 22.9 Å². The first-order chi connectivity index (χ1) is 7.97. The summed E-state index contributed by atoms with van der Waals surface area (Å²) in [5.74, 6) is -1.12. The van der Waals surface area contributed by atoms with Gasteiger partial charge in [0.25, 0.3) is 11.8 Å². The maximum absolute atomic E-state index is 11.5. The molecule has 88 valence electrons. The van der Waals surface area contributed by atoms with Crippen LogP contribution in [0.15, 0.2) is 11.6 Å². The lowest BCUT2D eigenvalue weighted by atomic mass is 10.1. The molecule has 1 aliphatic heterocycles. The molecule has 1 fully saturated rings. The molecule has 0 atom stereocenters. The lowest BCUT2D eigenvalue weighted by Gasteiger charge is -2.16. The number of amides is 2. The number of halogens is 2. The first-order valence-electron chi connectivity index (χ1n) is 4.30. The smallest absolute Gasteiger partial charge is 0.263 e. The Bertz CT molecular complexity index is 543. The lowest BCUT2D eigenvalue weighted by Crippen LogP contribution is -2.51. The average Bonchev–Trinajstić information content (AvgIpc) is 2.51. The Balaban J connectivity index is 2.39. The standard InChI is InChI=1S/C9H4Cl2N2O2S2/c10-5-2-3(6(11)17-5)1-4-7(14)12-9(16)13-8(4)15/h1-2H,(H2,12,13,14,15,16). The fraction of sp³-hybridized carbons (Fsp3) is 0. The van der Waals surface area contributed by atoms with E-state index in [0.29, 0.717) is 14.2 Å². The highest BCUT2D eigenvalue weighted by Crippen LogP contribution is 2.32. The van der Waals surface area contributed by atoms with Crippen LogP contribution in [0.4, 0.5) is 0 Å². The van der Waals surface area contributed by atoms with Crippen LogP contribution in [0.1, 0.15) is 5.56 Å². The third-order valence-corrected chi connectivity index (χ3v) is 3.65. The van der Waals surface area contributed by atoms with E-state index in [-0.39, 0.29) is 10.7 Å². The number of carbonyl (C=O) groups excluding carboxylic acids is 2. The Hall–Kier alpha value is -0.950. The van der Waals surface area contributed by atoms with E-state index in [1.165, 1.54) is 6.08 Å². The van der Waals surface area contributed by atoms with Gasteiger partial charge in [-0.25, -0.2) is 0 Å². The molecule has 2 N–H and O–H groups in total. The Morgan fingerprint density at radius 1 is 1.24 bits per heavy atom. The summed E-state index contributed by atoms with van der Waals surface area (Å²) >= 11 is 17.5. The van der Waals surface area contributed by atoms with E-state index < -0.39 is 11.8 Å². The first-order valence-corrected chi connectivity index (χ1v) is 6.28. The topological polar surface area (TPSA) is 58.2 Å². The third-order valence-electron chi connectivity index (χ3n) is 1.93. The molecule has 2 heterocycles. The van der Waals surface area contributed by atoms with Gasteiger partial charge in [-0.1, -0.05) is 23.2 Å². The van der Waals surface area contributed by atoms with Gasteiger partial charge in [-0.2, -0.15) is 0 Å². The Morgan fingerprint density at radius 3 is 2.29 bits per heavy atom. The molecule has 0 saturated carbocycles. The van der Waals surface area contributed by atoms with E-state index in [9.17, 15) is 9.59 Å². The van der Waals surface area contributed by atoms with Crippen LogP contribution in [0.3, 0.4) is 0 Å². The molecule has 1 aromatic rings. The molecule has 2 rings (SSSR count). The highest BCUT2D eigenvalue weighted by atomic mass is 35.5. The summed E-state index contributed by atoms with van der Waals surface area (Å²) in [6, 6.07) is 1.58. The van der Waals surface area contributed by atoms with E-state index in [4.69, 9.17) is 23.2 Å². The van der Waals surface area contributed by atoms with Crippen molar-refractivity contribution in [1.82, 2.24) is 10.6 Å². The Morgan fingerprint density at radius 2 is 1.82 bits per heavy atom. The maximum atomic E-state index is 11.5. The Labute approximate surface area is 116 Å². The van der Waals surface area contributed by atoms with Crippen molar-refractivity contribution in [2.45, 2.75) is 0 Å². The quantitative estimate of drug-likeness (QED) is 0.474. The van der Waals surface area contributed by atoms with Crippen LogP contribution in [0, 0.1) is 0 Å². The first kappa shape index (κ1) is 12.5. The van der Waals surface area contributed by atoms with Crippen molar-refractivity contribution in [3.8, 4) is 0 Å². The second-order valence-electron chi connectivity index (χ2n) is 3.07. The van der Waals surface area contributed by atoms with Gasteiger partial charge in [0, 0.05) is 5.56 Å². The van der Waals surface area contributed by atoms with Crippen molar-refractivity contribution in [3.63, 3.8) is 0 Å². The SMILES string of the molecule is O=C1NC(=S)NC(=O)C1=Cc1cc(Cl)sc1Cl. The number of rotatable bonds is 1.